The van der Waals surface area contributed by atoms with E-state index in [0.29, 0.717) is 5.39 Å². The number of hydrogen-bond donors (Lipinski definition) is 1. The monoisotopic (exact) mass is 270 g/mol. The maximum atomic E-state index is 12.3. The van der Waals surface area contributed by atoms with Crippen LogP contribution in [0.4, 0.5) is 0 Å². The summed E-state index contributed by atoms with van der Waals surface area (Å²) >= 11 is 0. The molecule has 0 bridgehead atoms. The van der Waals surface area contributed by atoms with E-state index in [9.17, 15) is 9.59 Å². The molecule has 3 rings (SSSR count). The van der Waals surface area contributed by atoms with Gasteiger partial charge < -0.3 is 14.3 Å². The highest BCUT2D eigenvalue weighted by molar-refractivity contribution is 6.08. The number of H-pyrrole nitrogens is 1. The molecule has 0 amide bonds. The zero-order valence-electron chi connectivity index (χ0n) is 11.3. The third-order valence-corrected chi connectivity index (χ3v) is 3.40. The number of nitrogens with zero attached hydrogens (tertiary/aromatic N) is 1. The Bertz CT molecular complexity index is 874. The van der Waals surface area contributed by atoms with Gasteiger partial charge in [-0.1, -0.05) is 18.2 Å². The lowest BCUT2D eigenvalue weighted by atomic mass is 10.2. The van der Waals surface area contributed by atoms with Crippen LogP contribution in [0.15, 0.2) is 35.1 Å². The lowest BCUT2D eigenvalue weighted by Gasteiger charge is -2.03. The molecule has 5 nitrogen and oxygen atoms in total. The summed E-state index contributed by atoms with van der Waals surface area (Å²) in [7, 11) is 1.87. The Labute approximate surface area is 114 Å². The summed E-state index contributed by atoms with van der Waals surface area (Å²) in [5, 5.41) is 1.47. The van der Waals surface area contributed by atoms with E-state index in [2.05, 4.69) is 4.98 Å². The predicted molar refractivity (Wildman–Crippen MR) is 77.0 cm³/mol. The second-order valence-corrected chi connectivity index (χ2v) is 4.57. The Kier molecular flexibility index (Phi) is 2.82. The largest absolute Gasteiger partial charge is 0.461 e. The molecular formula is C15H14N2O3. The molecule has 0 aliphatic heterocycles. The molecule has 2 heterocycles. The lowest BCUT2D eigenvalue weighted by molar-refractivity contribution is 0.0519. The maximum Gasteiger partial charge on any atom is 0.354 e. The molecule has 20 heavy (non-hydrogen) atoms. The minimum atomic E-state index is -0.517. The van der Waals surface area contributed by atoms with Crippen molar-refractivity contribution < 1.29 is 9.53 Å². The van der Waals surface area contributed by atoms with Crippen molar-refractivity contribution in [3.05, 3.63) is 46.4 Å². The molecule has 0 spiro atoms. The van der Waals surface area contributed by atoms with Gasteiger partial charge in [0.25, 0.3) is 5.56 Å². The Morgan fingerprint density at radius 2 is 2.05 bits per heavy atom. The molecule has 1 N–H and O–H groups in total. The summed E-state index contributed by atoms with van der Waals surface area (Å²) in [4.78, 5) is 26.6. The SMILES string of the molecule is CCOC(=O)c1cc2c(c(=O)[nH]1)c1ccccc1n2C. The summed E-state index contributed by atoms with van der Waals surface area (Å²) in [6.45, 7) is 2.00. The molecule has 0 unspecified atom stereocenters. The second-order valence-electron chi connectivity index (χ2n) is 4.57. The first-order chi connectivity index (χ1) is 9.63. The summed E-state index contributed by atoms with van der Waals surface area (Å²) in [5.41, 5.74) is 1.57. The highest BCUT2D eigenvalue weighted by Gasteiger charge is 2.15. The van der Waals surface area contributed by atoms with Gasteiger partial charge >= 0.3 is 5.97 Å². The van der Waals surface area contributed by atoms with Crippen LogP contribution in [-0.2, 0) is 11.8 Å². The summed E-state index contributed by atoms with van der Waals surface area (Å²) in [5.74, 6) is -0.517. The first-order valence-electron chi connectivity index (χ1n) is 6.41. The van der Waals surface area contributed by atoms with Gasteiger partial charge in [-0.3, -0.25) is 4.79 Å². The number of pyridine rings is 1. The highest BCUT2D eigenvalue weighted by Crippen LogP contribution is 2.25. The Morgan fingerprint density at radius 1 is 1.30 bits per heavy atom. The van der Waals surface area contributed by atoms with E-state index in [4.69, 9.17) is 4.74 Å². The van der Waals surface area contributed by atoms with E-state index in [1.807, 2.05) is 35.9 Å². The minimum absolute atomic E-state index is 0.176. The first-order valence-corrected chi connectivity index (χ1v) is 6.41. The quantitative estimate of drug-likeness (QED) is 0.726. The van der Waals surface area contributed by atoms with Gasteiger partial charge in [0.15, 0.2) is 0 Å². The fourth-order valence-corrected chi connectivity index (χ4v) is 2.50. The number of aryl methyl sites for hydroxylation is 1. The van der Waals surface area contributed by atoms with Crippen LogP contribution < -0.4 is 5.56 Å². The summed E-state index contributed by atoms with van der Waals surface area (Å²) in [6.07, 6.45) is 0. The number of esters is 1. The van der Waals surface area contributed by atoms with Gasteiger partial charge in [-0.05, 0) is 19.1 Å². The van der Waals surface area contributed by atoms with E-state index in [1.54, 1.807) is 13.0 Å². The molecular weight excluding hydrogens is 256 g/mol. The summed E-state index contributed by atoms with van der Waals surface area (Å²) in [6, 6.07) is 9.31. The number of hydrogen-bond acceptors (Lipinski definition) is 3. The Hall–Kier alpha value is -2.56. The van der Waals surface area contributed by atoms with Crippen LogP contribution in [-0.4, -0.2) is 22.1 Å². The number of aromatic nitrogens is 2. The zero-order valence-corrected chi connectivity index (χ0v) is 11.3. The van der Waals surface area contributed by atoms with Crippen LogP contribution in [0.3, 0.4) is 0 Å². The number of benzene rings is 1. The molecule has 0 aliphatic rings. The second kappa shape index (κ2) is 4.52. The van der Waals surface area contributed by atoms with E-state index in [1.165, 1.54) is 0 Å². The average molecular weight is 270 g/mol. The molecule has 1 aromatic carbocycles. The number of carbonyl (C=O) groups is 1. The highest BCUT2D eigenvalue weighted by atomic mass is 16.5. The van der Waals surface area contributed by atoms with Crippen LogP contribution in [0, 0.1) is 0 Å². The summed E-state index contributed by atoms with van der Waals surface area (Å²) < 4.78 is 6.83. The molecule has 3 aromatic rings. The number of fused-ring (bicyclic) bond motifs is 3. The third kappa shape index (κ3) is 1.71. The van der Waals surface area contributed by atoms with Gasteiger partial charge in [0.05, 0.1) is 17.5 Å². The van der Waals surface area contributed by atoms with Crippen LogP contribution in [0.5, 0.6) is 0 Å². The number of aromatic amines is 1. The van der Waals surface area contributed by atoms with E-state index in [0.717, 1.165) is 16.4 Å². The Morgan fingerprint density at radius 3 is 2.80 bits per heavy atom. The normalized spacial score (nSPS) is 11.1. The van der Waals surface area contributed by atoms with Crippen molar-refractivity contribution in [3.8, 4) is 0 Å². The van der Waals surface area contributed by atoms with E-state index >= 15 is 0 Å². The number of rotatable bonds is 2. The minimum Gasteiger partial charge on any atom is -0.461 e. The van der Waals surface area contributed by atoms with Crippen LogP contribution in [0.25, 0.3) is 21.8 Å². The smallest absolute Gasteiger partial charge is 0.354 e. The fourth-order valence-electron chi connectivity index (χ4n) is 2.50. The topological polar surface area (TPSA) is 64.1 Å². The van der Waals surface area contributed by atoms with Crippen molar-refractivity contribution in [2.24, 2.45) is 7.05 Å². The van der Waals surface area contributed by atoms with Crippen molar-refractivity contribution in [3.63, 3.8) is 0 Å². The molecule has 5 heteroatoms. The van der Waals surface area contributed by atoms with Crippen molar-refractivity contribution >= 4 is 27.8 Å². The first kappa shape index (κ1) is 12.5. The van der Waals surface area contributed by atoms with Crippen LogP contribution >= 0.6 is 0 Å². The fraction of sp³-hybridized carbons (Fsp3) is 0.200. The van der Waals surface area contributed by atoms with Crippen LogP contribution in [0.2, 0.25) is 0 Å². The van der Waals surface area contributed by atoms with Crippen LogP contribution in [0.1, 0.15) is 17.4 Å². The zero-order chi connectivity index (χ0) is 14.3. The molecule has 0 fully saturated rings. The van der Waals surface area contributed by atoms with Gasteiger partial charge in [0, 0.05) is 18.0 Å². The van der Waals surface area contributed by atoms with Gasteiger partial charge in [-0.25, -0.2) is 4.79 Å². The van der Waals surface area contributed by atoms with Gasteiger partial charge in [-0.15, -0.1) is 0 Å². The molecule has 2 aromatic heterocycles. The molecule has 0 atom stereocenters. The maximum absolute atomic E-state index is 12.3. The number of carbonyl (C=O) groups excluding carboxylic acids is 1. The number of ether oxygens (including phenoxy) is 1. The number of para-hydroxylation sites is 1. The molecule has 0 radical (unpaired) electrons. The van der Waals surface area contributed by atoms with E-state index < -0.39 is 5.97 Å². The predicted octanol–water partition coefficient (Wildman–Crippen LogP) is 2.20. The van der Waals surface area contributed by atoms with Crippen molar-refractivity contribution in [2.75, 3.05) is 6.61 Å². The average Bonchev–Trinajstić information content (AvgIpc) is 2.74. The molecule has 102 valence electrons. The molecule has 0 saturated carbocycles. The van der Waals surface area contributed by atoms with Gasteiger partial charge in [-0.2, -0.15) is 0 Å². The van der Waals surface area contributed by atoms with Gasteiger partial charge in [0.2, 0.25) is 0 Å². The third-order valence-electron chi connectivity index (χ3n) is 3.40. The number of nitrogens with one attached hydrogen (secondary N) is 1. The van der Waals surface area contributed by atoms with Crippen molar-refractivity contribution in [1.29, 1.82) is 0 Å². The standard InChI is InChI=1S/C15H14N2O3/c1-3-20-15(19)10-8-12-13(14(18)16-10)9-6-4-5-7-11(9)17(12)2/h4-8H,3H2,1-2H3,(H,16,18). The molecule has 0 aliphatic carbocycles. The lowest BCUT2D eigenvalue weighted by Crippen LogP contribution is -2.15. The van der Waals surface area contributed by atoms with Crippen molar-refractivity contribution in [1.82, 2.24) is 9.55 Å². The van der Waals surface area contributed by atoms with E-state index in [-0.39, 0.29) is 17.9 Å². The van der Waals surface area contributed by atoms with Gasteiger partial charge in [0.1, 0.15) is 5.69 Å². The molecule has 0 saturated heterocycles. The van der Waals surface area contributed by atoms with Crippen molar-refractivity contribution in [2.45, 2.75) is 6.92 Å². The Balaban J connectivity index is 2.38.